The molecule has 88 valence electrons. The van der Waals surface area contributed by atoms with Crippen LogP contribution in [0.5, 0.6) is 0 Å². The van der Waals surface area contributed by atoms with Crippen molar-refractivity contribution in [3.8, 4) is 0 Å². The summed E-state index contributed by atoms with van der Waals surface area (Å²) in [5.74, 6) is 0. The Balaban J connectivity index is 1.91. The number of halogens is 1. The molecule has 1 aromatic rings. The molecule has 1 fully saturated rings. The Labute approximate surface area is 101 Å². The van der Waals surface area contributed by atoms with Crippen LogP contribution in [0.15, 0.2) is 12.2 Å². The number of hydrogen-bond acceptors (Lipinski definition) is 2. The van der Waals surface area contributed by atoms with Crippen molar-refractivity contribution in [1.29, 1.82) is 0 Å². The SMILES string of the molecule is C=C(CNC1CC1)Cn1nc(C)c(Cl)c1C. The van der Waals surface area contributed by atoms with Gasteiger partial charge in [0.2, 0.25) is 0 Å². The highest BCUT2D eigenvalue weighted by Crippen LogP contribution is 2.20. The second kappa shape index (κ2) is 4.60. The maximum absolute atomic E-state index is 6.09. The van der Waals surface area contributed by atoms with E-state index in [1.54, 1.807) is 0 Å². The van der Waals surface area contributed by atoms with Gasteiger partial charge in [-0.15, -0.1) is 0 Å². The first kappa shape index (κ1) is 11.7. The van der Waals surface area contributed by atoms with Gasteiger partial charge in [-0.3, -0.25) is 4.68 Å². The standard InChI is InChI=1S/C12H18ClN3/c1-8(6-14-11-4-5-11)7-16-10(3)12(13)9(2)15-16/h11,14H,1,4-7H2,2-3H3. The minimum Gasteiger partial charge on any atom is -0.310 e. The molecule has 1 aliphatic rings. The van der Waals surface area contributed by atoms with E-state index in [9.17, 15) is 0 Å². The second-order valence-corrected chi connectivity index (χ2v) is 4.93. The van der Waals surface area contributed by atoms with Gasteiger partial charge in [-0.25, -0.2) is 0 Å². The molecule has 2 rings (SSSR count). The molecule has 0 unspecified atom stereocenters. The molecular weight excluding hydrogens is 222 g/mol. The molecule has 1 aromatic heterocycles. The van der Waals surface area contributed by atoms with Crippen LogP contribution in [-0.2, 0) is 6.54 Å². The molecule has 3 nitrogen and oxygen atoms in total. The predicted molar refractivity (Wildman–Crippen MR) is 66.9 cm³/mol. The van der Waals surface area contributed by atoms with Crippen molar-refractivity contribution in [2.24, 2.45) is 0 Å². The molecule has 1 heterocycles. The lowest BCUT2D eigenvalue weighted by Gasteiger charge is -2.08. The number of hydrogen-bond donors (Lipinski definition) is 1. The van der Waals surface area contributed by atoms with Crippen molar-refractivity contribution in [3.63, 3.8) is 0 Å². The molecule has 1 aliphatic carbocycles. The maximum Gasteiger partial charge on any atom is 0.0844 e. The normalized spacial score (nSPS) is 15.4. The zero-order valence-electron chi connectivity index (χ0n) is 9.89. The average Bonchev–Trinajstić information content (AvgIpc) is 3.03. The maximum atomic E-state index is 6.09. The summed E-state index contributed by atoms with van der Waals surface area (Å²) in [7, 11) is 0. The van der Waals surface area contributed by atoms with Crippen LogP contribution in [0, 0.1) is 13.8 Å². The summed E-state index contributed by atoms with van der Waals surface area (Å²) in [4.78, 5) is 0. The largest absolute Gasteiger partial charge is 0.310 e. The van der Waals surface area contributed by atoms with Crippen LogP contribution in [0.2, 0.25) is 5.02 Å². The molecule has 0 spiro atoms. The molecule has 1 N–H and O–H groups in total. The van der Waals surface area contributed by atoms with E-state index in [1.165, 1.54) is 12.8 Å². The minimum atomic E-state index is 0.723. The van der Waals surface area contributed by atoms with Gasteiger partial charge < -0.3 is 5.32 Å². The van der Waals surface area contributed by atoms with Crippen LogP contribution in [0.1, 0.15) is 24.2 Å². The average molecular weight is 240 g/mol. The van der Waals surface area contributed by atoms with Gasteiger partial charge in [0, 0.05) is 12.6 Å². The summed E-state index contributed by atoms with van der Waals surface area (Å²) in [5.41, 5.74) is 3.06. The Morgan fingerprint density at radius 1 is 1.56 bits per heavy atom. The van der Waals surface area contributed by atoms with Crippen LogP contribution in [0.3, 0.4) is 0 Å². The Bertz CT molecular complexity index is 405. The van der Waals surface area contributed by atoms with Gasteiger partial charge in [-0.05, 0) is 32.3 Å². The molecule has 16 heavy (non-hydrogen) atoms. The van der Waals surface area contributed by atoms with Gasteiger partial charge in [0.15, 0.2) is 0 Å². The summed E-state index contributed by atoms with van der Waals surface area (Å²) in [6.07, 6.45) is 2.61. The van der Waals surface area contributed by atoms with Crippen molar-refractivity contribution in [2.75, 3.05) is 6.54 Å². The molecule has 0 amide bonds. The van der Waals surface area contributed by atoms with Crippen LogP contribution >= 0.6 is 11.6 Å². The Kier molecular flexibility index (Phi) is 3.36. The van der Waals surface area contributed by atoms with E-state index in [1.807, 2.05) is 18.5 Å². The lowest BCUT2D eigenvalue weighted by molar-refractivity contribution is 0.618. The van der Waals surface area contributed by atoms with E-state index in [0.29, 0.717) is 0 Å². The quantitative estimate of drug-likeness (QED) is 0.800. The Morgan fingerprint density at radius 3 is 2.75 bits per heavy atom. The number of nitrogens with zero attached hydrogens (tertiary/aromatic N) is 2. The lowest BCUT2D eigenvalue weighted by Crippen LogP contribution is -2.21. The Morgan fingerprint density at radius 2 is 2.25 bits per heavy atom. The topological polar surface area (TPSA) is 29.9 Å². The summed E-state index contributed by atoms with van der Waals surface area (Å²) in [6, 6.07) is 0.723. The third-order valence-electron chi connectivity index (χ3n) is 2.88. The number of rotatable bonds is 5. The fraction of sp³-hybridized carbons (Fsp3) is 0.583. The van der Waals surface area contributed by atoms with Gasteiger partial charge >= 0.3 is 0 Å². The Hall–Kier alpha value is -0.800. The highest BCUT2D eigenvalue weighted by atomic mass is 35.5. The predicted octanol–water partition coefficient (Wildman–Crippen LogP) is 2.46. The molecule has 0 radical (unpaired) electrons. The van der Waals surface area contributed by atoms with Gasteiger partial charge in [-0.2, -0.15) is 5.10 Å². The van der Waals surface area contributed by atoms with E-state index in [0.717, 1.165) is 41.1 Å². The van der Waals surface area contributed by atoms with Crippen molar-refractivity contribution < 1.29 is 0 Å². The summed E-state index contributed by atoms with van der Waals surface area (Å²) in [5, 5.41) is 8.60. The zero-order valence-corrected chi connectivity index (χ0v) is 10.6. The van der Waals surface area contributed by atoms with Gasteiger partial charge in [-0.1, -0.05) is 18.2 Å². The second-order valence-electron chi connectivity index (χ2n) is 4.55. The molecular formula is C12H18ClN3. The molecule has 0 saturated heterocycles. The number of nitrogens with one attached hydrogen (secondary N) is 1. The first-order valence-corrected chi connectivity index (χ1v) is 6.05. The highest BCUT2D eigenvalue weighted by Gasteiger charge is 2.20. The highest BCUT2D eigenvalue weighted by molar-refractivity contribution is 6.31. The molecule has 4 heteroatoms. The molecule has 0 bridgehead atoms. The monoisotopic (exact) mass is 239 g/mol. The van der Waals surface area contributed by atoms with Crippen molar-refractivity contribution >= 4 is 11.6 Å². The number of aryl methyl sites for hydroxylation is 1. The van der Waals surface area contributed by atoms with Gasteiger partial charge in [0.25, 0.3) is 0 Å². The molecule has 0 atom stereocenters. The van der Waals surface area contributed by atoms with E-state index in [-0.39, 0.29) is 0 Å². The van der Waals surface area contributed by atoms with E-state index in [2.05, 4.69) is 17.0 Å². The molecule has 0 aliphatic heterocycles. The van der Waals surface area contributed by atoms with Crippen molar-refractivity contribution in [1.82, 2.24) is 15.1 Å². The van der Waals surface area contributed by atoms with E-state index >= 15 is 0 Å². The van der Waals surface area contributed by atoms with Gasteiger partial charge in [0.05, 0.1) is 23.0 Å². The van der Waals surface area contributed by atoms with E-state index < -0.39 is 0 Å². The summed E-state index contributed by atoms with van der Waals surface area (Å²) < 4.78 is 1.93. The smallest absolute Gasteiger partial charge is 0.0844 e. The van der Waals surface area contributed by atoms with Crippen molar-refractivity contribution in [3.05, 3.63) is 28.6 Å². The third-order valence-corrected chi connectivity index (χ3v) is 3.43. The van der Waals surface area contributed by atoms with Crippen LogP contribution in [-0.4, -0.2) is 22.4 Å². The van der Waals surface area contributed by atoms with Gasteiger partial charge in [0.1, 0.15) is 0 Å². The minimum absolute atomic E-state index is 0.723. The fourth-order valence-electron chi connectivity index (χ4n) is 1.67. The number of aromatic nitrogens is 2. The first-order chi connectivity index (χ1) is 7.58. The lowest BCUT2D eigenvalue weighted by atomic mass is 10.3. The summed E-state index contributed by atoms with van der Waals surface area (Å²) in [6.45, 7) is 9.61. The first-order valence-electron chi connectivity index (χ1n) is 5.67. The van der Waals surface area contributed by atoms with Crippen LogP contribution in [0.25, 0.3) is 0 Å². The third kappa shape index (κ3) is 2.66. The molecule has 1 saturated carbocycles. The zero-order chi connectivity index (χ0) is 11.7. The van der Waals surface area contributed by atoms with Crippen LogP contribution < -0.4 is 5.32 Å². The van der Waals surface area contributed by atoms with Crippen molar-refractivity contribution in [2.45, 2.75) is 39.3 Å². The van der Waals surface area contributed by atoms with E-state index in [4.69, 9.17) is 11.6 Å². The summed E-state index contributed by atoms with van der Waals surface area (Å²) >= 11 is 6.09. The van der Waals surface area contributed by atoms with Crippen LogP contribution in [0.4, 0.5) is 0 Å². The fourth-order valence-corrected chi connectivity index (χ4v) is 1.81. The molecule has 0 aromatic carbocycles.